The Morgan fingerprint density at radius 1 is 1.44 bits per heavy atom. The van der Waals surface area contributed by atoms with Crippen molar-refractivity contribution >= 4 is 5.91 Å². The van der Waals surface area contributed by atoms with Gasteiger partial charge in [-0.3, -0.25) is 4.79 Å². The van der Waals surface area contributed by atoms with Gasteiger partial charge >= 0.3 is 0 Å². The number of carbonyl (C=O) groups is 1. The van der Waals surface area contributed by atoms with Gasteiger partial charge in [0.15, 0.2) is 0 Å². The van der Waals surface area contributed by atoms with Gasteiger partial charge in [-0.05, 0) is 24.1 Å². The Bertz CT molecular complexity index is 438. The number of amides is 1. The number of phenols is 1. The topological polar surface area (TPSA) is 60.8 Å². The number of aliphatic hydroxyl groups is 1. The highest BCUT2D eigenvalue weighted by Gasteiger charge is 2.42. The maximum absolute atomic E-state index is 11.9. The van der Waals surface area contributed by atoms with E-state index in [2.05, 4.69) is 0 Å². The Morgan fingerprint density at radius 2 is 2.17 bits per heavy atom. The number of hydrogen-bond donors (Lipinski definition) is 2. The lowest BCUT2D eigenvalue weighted by Gasteiger charge is -2.46. The van der Waals surface area contributed by atoms with Crippen molar-refractivity contribution in [2.24, 2.45) is 0 Å². The Kier molecular flexibility index (Phi) is 3.57. The van der Waals surface area contributed by atoms with Gasteiger partial charge in [0.1, 0.15) is 5.75 Å². The SMILES string of the molecule is CCCC1(O)CN(C(=O)Cc2cccc(O)c2)C1. The summed E-state index contributed by atoms with van der Waals surface area (Å²) in [4.78, 5) is 13.6. The molecular formula is C14H19NO3. The molecule has 1 aliphatic heterocycles. The first kappa shape index (κ1) is 12.9. The molecular weight excluding hydrogens is 230 g/mol. The van der Waals surface area contributed by atoms with E-state index in [-0.39, 0.29) is 18.1 Å². The fourth-order valence-electron chi connectivity index (χ4n) is 2.42. The zero-order valence-corrected chi connectivity index (χ0v) is 10.6. The lowest BCUT2D eigenvalue weighted by Crippen LogP contribution is -2.63. The first-order chi connectivity index (χ1) is 8.52. The lowest BCUT2D eigenvalue weighted by atomic mass is 9.89. The van der Waals surface area contributed by atoms with Crippen LogP contribution in [0.3, 0.4) is 0 Å². The molecule has 0 aliphatic carbocycles. The Balaban J connectivity index is 1.87. The van der Waals surface area contributed by atoms with E-state index in [9.17, 15) is 15.0 Å². The molecule has 0 bridgehead atoms. The predicted octanol–water partition coefficient (Wildman–Crippen LogP) is 1.31. The minimum absolute atomic E-state index is 0.00128. The molecule has 18 heavy (non-hydrogen) atoms. The third-order valence-electron chi connectivity index (χ3n) is 3.30. The van der Waals surface area contributed by atoms with Crippen LogP contribution in [0.5, 0.6) is 5.75 Å². The fraction of sp³-hybridized carbons (Fsp3) is 0.500. The van der Waals surface area contributed by atoms with Crippen LogP contribution >= 0.6 is 0 Å². The van der Waals surface area contributed by atoms with Gasteiger partial charge in [0, 0.05) is 0 Å². The van der Waals surface area contributed by atoms with Crippen LogP contribution in [-0.2, 0) is 11.2 Å². The number of β-amino-alcohol motifs (C(OH)–C–C–N with tert-alkyl or cyclic N) is 1. The third-order valence-corrected chi connectivity index (χ3v) is 3.30. The normalized spacial score (nSPS) is 17.3. The molecule has 1 amide bonds. The molecule has 0 atom stereocenters. The van der Waals surface area contributed by atoms with Crippen LogP contribution in [0.15, 0.2) is 24.3 Å². The largest absolute Gasteiger partial charge is 0.508 e. The lowest BCUT2D eigenvalue weighted by molar-refractivity contribution is -0.155. The Labute approximate surface area is 107 Å². The molecule has 1 saturated heterocycles. The number of benzene rings is 1. The molecule has 0 unspecified atom stereocenters. The smallest absolute Gasteiger partial charge is 0.227 e. The average molecular weight is 249 g/mol. The molecule has 2 rings (SSSR count). The molecule has 1 heterocycles. The standard InChI is InChI=1S/C14H19NO3/c1-2-6-14(18)9-15(10-14)13(17)8-11-4-3-5-12(16)7-11/h3-5,7,16,18H,2,6,8-10H2,1H3. The van der Waals surface area contributed by atoms with Crippen LogP contribution in [0, 0.1) is 0 Å². The van der Waals surface area contributed by atoms with Crippen molar-refractivity contribution in [3.63, 3.8) is 0 Å². The maximum Gasteiger partial charge on any atom is 0.227 e. The molecule has 4 heteroatoms. The van der Waals surface area contributed by atoms with E-state index < -0.39 is 5.60 Å². The zero-order valence-electron chi connectivity index (χ0n) is 10.6. The molecule has 0 aromatic heterocycles. The van der Waals surface area contributed by atoms with Gasteiger partial charge in [-0.1, -0.05) is 25.5 Å². The van der Waals surface area contributed by atoms with E-state index in [1.165, 1.54) is 0 Å². The second kappa shape index (κ2) is 4.98. The van der Waals surface area contributed by atoms with Crippen molar-refractivity contribution in [2.75, 3.05) is 13.1 Å². The van der Waals surface area contributed by atoms with E-state index in [0.29, 0.717) is 13.1 Å². The quantitative estimate of drug-likeness (QED) is 0.845. The molecule has 1 aliphatic rings. The number of nitrogens with zero attached hydrogens (tertiary/aromatic N) is 1. The van der Waals surface area contributed by atoms with Crippen LogP contribution in [0.1, 0.15) is 25.3 Å². The summed E-state index contributed by atoms with van der Waals surface area (Å²) in [6, 6.07) is 6.71. The average Bonchev–Trinajstić information content (AvgIpc) is 2.26. The monoisotopic (exact) mass is 249 g/mol. The molecule has 1 fully saturated rings. The van der Waals surface area contributed by atoms with Gasteiger partial charge in [-0.25, -0.2) is 0 Å². The van der Waals surface area contributed by atoms with E-state index in [1.54, 1.807) is 23.1 Å². The minimum atomic E-state index is -0.677. The van der Waals surface area contributed by atoms with E-state index in [4.69, 9.17) is 0 Å². The molecule has 0 saturated carbocycles. The third kappa shape index (κ3) is 2.82. The minimum Gasteiger partial charge on any atom is -0.508 e. The molecule has 98 valence electrons. The highest BCUT2D eigenvalue weighted by molar-refractivity contribution is 5.80. The summed E-state index contributed by atoms with van der Waals surface area (Å²) in [6.07, 6.45) is 1.94. The van der Waals surface area contributed by atoms with Crippen LogP contribution in [0.4, 0.5) is 0 Å². The summed E-state index contributed by atoms with van der Waals surface area (Å²) in [5, 5.41) is 19.3. The summed E-state index contributed by atoms with van der Waals surface area (Å²) >= 11 is 0. The molecule has 0 spiro atoms. The summed E-state index contributed by atoms with van der Waals surface area (Å²) < 4.78 is 0. The van der Waals surface area contributed by atoms with Crippen molar-refractivity contribution in [2.45, 2.75) is 31.8 Å². The number of carbonyl (C=O) groups excluding carboxylic acids is 1. The van der Waals surface area contributed by atoms with Crippen molar-refractivity contribution in [1.82, 2.24) is 4.90 Å². The highest BCUT2D eigenvalue weighted by Crippen LogP contribution is 2.26. The molecule has 0 radical (unpaired) electrons. The fourth-order valence-corrected chi connectivity index (χ4v) is 2.42. The first-order valence-corrected chi connectivity index (χ1v) is 6.30. The van der Waals surface area contributed by atoms with Crippen LogP contribution in [-0.4, -0.2) is 39.7 Å². The highest BCUT2D eigenvalue weighted by atomic mass is 16.3. The maximum atomic E-state index is 11.9. The number of rotatable bonds is 4. The Morgan fingerprint density at radius 3 is 2.78 bits per heavy atom. The van der Waals surface area contributed by atoms with Gasteiger partial charge < -0.3 is 15.1 Å². The van der Waals surface area contributed by atoms with Gasteiger partial charge in [0.05, 0.1) is 25.1 Å². The second-order valence-corrected chi connectivity index (χ2v) is 5.07. The van der Waals surface area contributed by atoms with Gasteiger partial charge in [-0.15, -0.1) is 0 Å². The van der Waals surface area contributed by atoms with E-state index in [0.717, 1.165) is 18.4 Å². The number of aromatic hydroxyl groups is 1. The molecule has 2 N–H and O–H groups in total. The van der Waals surface area contributed by atoms with E-state index >= 15 is 0 Å². The van der Waals surface area contributed by atoms with Crippen LogP contribution < -0.4 is 0 Å². The van der Waals surface area contributed by atoms with Gasteiger partial charge in [0.2, 0.25) is 5.91 Å². The number of hydrogen-bond acceptors (Lipinski definition) is 3. The van der Waals surface area contributed by atoms with Gasteiger partial charge in [0.25, 0.3) is 0 Å². The van der Waals surface area contributed by atoms with Crippen molar-refractivity contribution in [3.8, 4) is 5.75 Å². The summed E-state index contributed by atoms with van der Waals surface area (Å²) in [5.74, 6) is 0.174. The number of phenolic OH excluding ortho intramolecular Hbond substituents is 1. The van der Waals surface area contributed by atoms with E-state index in [1.807, 2.05) is 13.0 Å². The zero-order chi connectivity index (χ0) is 13.2. The number of likely N-dealkylation sites (tertiary alicyclic amines) is 1. The summed E-state index contributed by atoms with van der Waals surface area (Å²) in [7, 11) is 0. The summed E-state index contributed by atoms with van der Waals surface area (Å²) in [6.45, 7) is 2.88. The second-order valence-electron chi connectivity index (χ2n) is 5.07. The molecule has 1 aromatic carbocycles. The van der Waals surface area contributed by atoms with Crippen LogP contribution in [0.25, 0.3) is 0 Å². The van der Waals surface area contributed by atoms with Crippen molar-refractivity contribution in [3.05, 3.63) is 29.8 Å². The Hall–Kier alpha value is -1.55. The molecule has 1 aromatic rings. The molecule has 4 nitrogen and oxygen atoms in total. The van der Waals surface area contributed by atoms with Crippen molar-refractivity contribution < 1.29 is 15.0 Å². The van der Waals surface area contributed by atoms with Crippen LogP contribution in [0.2, 0.25) is 0 Å². The van der Waals surface area contributed by atoms with Crippen molar-refractivity contribution in [1.29, 1.82) is 0 Å². The summed E-state index contributed by atoms with van der Waals surface area (Å²) in [5.41, 5.74) is 0.120. The first-order valence-electron chi connectivity index (χ1n) is 6.30. The predicted molar refractivity (Wildman–Crippen MR) is 68.2 cm³/mol. The van der Waals surface area contributed by atoms with Gasteiger partial charge in [-0.2, -0.15) is 0 Å².